The molecule has 0 atom stereocenters. The summed E-state index contributed by atoms with van der Waals surface area (Å²) < 4.78 is 5.12. The first kappa shape index (κ1) is 16.2. The zero-order valence-electron chi connectivity index (χ0n) is 12.6. The summed E-state index contributed by atoms with van der Waals surface area (Å²) in [6.45, 7) is 6.97. The molecular weight excluding hydrogens is 306 g/mol. The Kier molecular flexibility index (Phi) is 4.85. The normalized spacial score (nSPS) is 16.8. The number of thiocarbonyl (C=S) groups is 1. The first-order chi connectivity index (χ1) is 9.86. The molecule has 5 nitrogen and oxygen atoms in total. The van der Waals surface area contributed by atoms with E-state index < -0.39 is 0 Å². The second kappa shape index (κ2) is 6.29. The predicted molar refractivity (Wildman–Crippen MR) is 89.2 cm³/mol. The molecule has 2 N–H and O–H groups in total. The lowest BCUT2D eigenvalue weighted by Crippen LogP contribution is -2.59. The number of hydrogen-bond donors (Lipinski definition) is 1. The van der Waals surface area contributed by atoms with Crippen molar-refractivity contribution in [3.8, 4) is 5.75 Å². The molecule has 1 aromatic heterocycles. The van der Waals surface area contributed by atoms with Crippen molar-refractivity contribution in [2.24, 2.45) is 5.73 Å². The highest BCUT2D eigenvalue weighted by Gasteiger charge is 2.33. The molecule has 0 spiro atoms. The van der Waals surface area contributed by atoms with Gasteiger partial charge in [-0.15, -0.1) is 11.3 Å². The molecule has 1 aliphatic rings. The number of rotatable bonds is 4. The van der Waals surface area contributed by atoms with Crippen LogP contribution in [0.5, 0.6) is 5.75 Å². The monoisotopic (exact) mass is 327 g/mol. The topological polar surface area (TPSA) is 58.8 Å². The van der Waals surface area contributed by atoms with Gasteiger partial charge >= 0.3 is 0 Å². The maximum Gasteiger partial charge on any atom is 0.264 e. The second-order valence-electron chi connectivity index (χ2n) is 5.55. The fraction of sp³-hybridized carbons (Fsp3) is 0.571. The molecule has 1 saturated heterocycles. The molecule has 0 bridgehead atoms. The molecule has 2 rings (SSSR count). The molecule has 2 heterocycles. The highest BCUT2D eigenvalue weighted by atomic mass is 32.1. The van der Waals surface area contributed by atoms with Crippen LogP contribution in [0.1, 0.15) is 23.5 Å². The Balaban J connectivity index is 1.97. The molecule has 0 aromatic carbocycles. The van der Waals surface area contributed by atoms with Gasteiger partial charge in [-0.05, 0) is 13.8 Å². The fourth-order valence-electron chi connectivity index (χ4n) is 2.32. The first-order valence-corrected chi connectivity index (χ1v) is 8.12. The van der Waals surface area contributed by atoms with E-state index in [9.17, 15) is 4.79 Å². The highest BCUT2D eigenvalue weighted by Crippen LogP contribution is 2.24. The van der Waals surface area contributed by atoms with Crippen molar-refractivity contribution in [3.05, 3.63) is 16.3 Å². The van der Waals surface area contributed by atoms with Gasteiger partial charge < -0.3 is 15.4 Å². The first-order valence-electron chi connectivity index (χ1n) is 6.83. The van der Waals surface area contributed by atoms with Gasteiger partial charge in [0.15, 0.2) is 0 Å². The molecule has 0 saturated carbocycles. The van der Waals surface area contributed by atoms with Crippen LogP contribution in [0.4, 0.5) is 0 Å². The van der Waals surface area contributed by atoms with Gasteiger partial charge in [0.05, 0.1) is 22.5 Å². The largest absolute Gasteiger partial charge is 0.496 e. The summed E-state index contributed by atoms with van der Waals surface area (Å²) in [5.74, 6) is 0.799. The standard InChI is InChI=1S/C14H21N3O2S2/c1-14(2,13(15)20)17-6-4-16(5-7-17)12(18)11-8-10(19-3)9-21-11/h8-9H,4-7H2,1-3H3,(H2,15,20). The van der Waals surface area contributed by atoms with Crippen molar-refractivity contribution < 1.29 is 9.53 Å². The van der Waals surface area contributed by atoms with Crippen molar-refractivity contribution >= 4 is 34.5 Å². The molecule has 116 valence electrons. The van der Waals surface area contributed by atoms with Gasteiger partial charge in [-0.2, -0.15) is 0 Å². The molecule has 1 fully saturated rings. The van der Waals surface area contributed by atoms with Crippen LogP contribution >= 0.6 is 23.6 Å². The van der Waals surface area contributed by atoms with Crippen molar-refractivity contribution in [1.29, 1.82) is 0 Å². The van der Waals surface area contributed by atoms with E-state index in [-0.39, 0.29) is 11.4 Å². The predicted octanol–water partition coefficient (Wildman–Crippen LogP) is 1.58. The minimum atomic E-state index is -0.309. The van der Waals surface area contributed by atoms with E-state index in [4.69, 9.17) is 22.7 Å². The number of nitrogens with two attached hydrogens (primary N) is 1. The number of methoxy groups -OCH3 is 1. The fourth-order valence-corrected chi connectivity index (χ4v) is 3.27. The van der Waals surface area contributed by atoms with Gasteiger partial charge in [-0.25, -0.2) is 0 Å². The molecule has 21 heavy (non-hydrogen) atoms. The summed E-state index contributed by atoms with van der Waals surface area (Å²) in [5, 5.41) is 1.85. The van der Waals surface area contributed by atoms with Gasteiger partial charge in [0.2, 0.25) is 0 Å². The molecule has 0 aliphatic carbocycles. The Morgan fingerprint density at radius 2 is 2.00 bits per heavy atom. The lowest BCUT2D eigenvalue weighted by molar-refractivity contribution is 0.0543. The number of amides is 1. The van der Waals surface area contributed by atoms with E-state index in [2.05, 4.69) is 4.90 Å². The van der Waals surface area contributed by atoms with Crippen LogP contribution in [0.15, 0.2) is 11.4 Å². The Hall–Kier alpha value is -1.18. The number of hydrogen-bond acceptors (Lipinski definition) is 5. The second-order valence-corrected chi connectivity index (χ2v) is 6.90. The van der Waals surface area contributed by atoms with Crippen LogP contribution in [0.2, 0.25) is 0 Å². The number of thiophene rings is 1. The third kappa shape index (κ3) is 3.36. The lowest BCUT2D eigenvalue weighted by atomic mass is 10.0. The summed E-state index contributed by atoms with van der Waals surface area (Å²) in [4.78, 5) is 17.7. The summed E-state index contributed by atoms with van der Waals surface area (Å²) in [6.07, 6.45) is 0. The molecule has 1 aliphatic heterocycles. The van der Waals surface area contributed by atoms with Gasteiger partial charge in [0.1, 0.15) is 5.75 Å². The van der Waals surface area contributed by atoms with E-state index in [0.29, 0.717) is 23.0 Å². The maximum atomic E-state index is 12.4. The van der Waals surface area contributed by atoms with E-state index in [0.717, 1.165) is 18.8 Å². The summed E-state index contributed by atoms with van der Waals surface area (Å²) in [5.41, 5.74) is 5.49. The zero-order chi connectivity index (χ0) is 15.6. The third-order valence-corrected chi connectivity index (χ3v) is 5.38. The van der Waals surface area contributed by atoms with Crippen molar-refractivity contribution in [2.45, 2.75) is 19.4 Å². The number of nitrogens with zero attached hydrogens (tertiary/aromatic N) is 2. The van der Waals surface area contributed by atoms with E-state index >= 15 is 0 Å². The van der Waals surface area contributed by atoms with Crippen molar-refractivity contribution in [3.63, 3.8) is 0 Å². The molecule has 1 aromatic rings. The summed E-state index contributed by atoms with van der Waals surface area (Å²) in [7, 11) is 1.60. The van der Waals surface area contributed by atoms with Crippen LogP contribution < -0.4 is 10.5 Å². The van der Waals surface area contributed by atoms with Gasteiger partial charge in [0.25, 0.3) is 5.91 Å². The highest BCUT2D eigenvalue weighted by molar-refractivity contribution is 7.80. The lowest BCUT2D eigenvalue weighted by Gasteiger charge is -2.43. The van der Waals surface area contributed by atoms with Crippen LogP contribution in [0.3, 0.4) is 0 Å². The minimum absolute atomic E-state index is 0.0658. The number of carbonyl (C=O) groups excluding carboxylic acids is 1. The Labute approximate surface area is 134 Å². The van der Waals surface area contributed by atoms with Crippen LogP contribution in [-0.4, -0.2) is 59.5 Å². The third-order valence-electron chi connectivity index (χ3n) is 3.98. The molecule has 0 radical (unpaired) electrons. The SMILES string of the molecule is COc1csc(C(=O)N2CCN(C(C)(C)C(N)=S)CC2)c1. The summed E-state index contributed by atoms with van der Waals surface area (Å²) in [6, 6.07) is 1.79. The Morgan fingerprint density at radius 3 is 2.48 bits per heavy atom. The maximum absolute atomic E-state index is 12.4. The van der Waals surface area contributed by atoms with Crippen LogP contribution in [-0.2, 0) is 0 Å². The number of carbonyl (C=O) groups is 1. The Bertz CT molecular complexity index is 534. The van der Waals surface area contributed by atoms with Crippen molar-refractivity contribution in [1.82, 2.24) is 9.80 Å². The molecule has 0 unspecified atom stereocenters. The zero-order valence-corrected chi connectivity index (χ0v) is 14.2. The van der Waals surface area contributed by atoms with Crippen LogP contribution in [0.25, 0.3) is 0 Å². The number of piperazine rings is 1. The average Bonchev–Trinajstić information content (AvgIpc) is 2.95. The van der Waals surface area contributed by atoms with E-state index in [1.165, 1.54) is 11.3 Å². The van der Waals surface area contributed by atoms with Crippen LogP contribution in [0, 0.1) is 0 Å². The van der Waals surface area contributed by atoms with Gasteiger partial charge in [0, 0.05) is 37.6 Å². The Morgan fingerprint density at radius 1 is 1.38 bits per heavy atom. The van der Waals surface area contributed by atoms with Crippen molar-refractivity contribution in [2.75, 3.05) is 33.3 Å². The van der Waals surface area contributed by atoms with Gasteiger partial charge in [-0.1, -0.05) is 12.2 Å². The van der Waals surface area contributed by atoms with Gasteiger partial charge in [-0.3, -0.25) is 9.69 Å². The smallest absolute Gasteiger partial charge is 0.264 e. The van der Waals surface area contributed by atoms with E-state index in [1.807, 2.05) is 24.1 Å². The quantitative estimate of drug-likeness (QED) is 0.851. The molecular formula is C14H21N3O2S2. The summed E-state index contributed by atoms with van der Waals surface area (Å²) >= 11 is 6.55. The number of ether oxygens (including phenoxy) is 1. The van der Waals surface area contributed by atoms with E-state index in [1.54, 1.807) is 13.2 Å². The molecule has 1 amide bonds. The average molecular weight is 327 g/mol. The minimum Gasteiger partial charge on any atom is -0.496 e. The molecule has 7 heteroatoms.